The second-order valence-corrected chi connectivity index (χ2v) is 11.8. The lowest BCUT2D eigenvalue weighted by Gasteiger charge is -2.19. The topological polar surface area (TPSA) is 106 Å². The van der Waals surface area contributed by atoms with Crippen molar-refractivity contribution in [2.75, 3.05) is 5.32 Å². The highest BCUT2D eigenvalue weighted by Gasteiger charge is 2.25. The van der Waals surface area contributed by atoms with Crippen LogP contribution in [-0.4, -0.2) is 19.2 Å². The molecule has 11 heteroatoms. The number of nitrogens with one attached hydrogen (secondary N) is 1. The first-order chi connectivity index (χ1) is 15.6. The smallest absolute Gasteiger partial charge is 0.269 e. The molecule has 1 N–H and O–H groups in total. The second-order valence-electron chi connectivity index (χ2n) is 7.03. The van der Waals surface area contributed by atoms with Crippen LogP contribution in [0.25, 0.3) is 6.08 Å². The molecule has 0 unspecified atom stereocenters. The molecule has 168 valence electrons. The average Bonchev–Trinajstić information content (AvgIpc) is 2.77. The van der Waals surface area contributed by atoms with Gasteiger partial charge in [-0.1, -0.05) is 49.7 Å². The van der Waals surface area contributed by atoms with E-state index in [0.29, 0.717) is 35.6 Å². The van der Waals surface area contributed by atoms with E-state index in [2.05, 4.69) is 37.2 Å². The number of halogens is 2. The van der Waals surface area contributed by atoms with Gasteiger partial charge in [0.2, 0.25) is 0 Å². The number of hydrogen-bond acceptors (Lipinski definition) is 6. The number of fused-ring (bicyclic) bond motifs is 1. The van der Waals surface area contributed by atoms with Gasteiger partial charge in [0.05, 0.1) is 26.2 Å². The minimum Gasteiger partial charge on any atom is -0.320 e. The summed E-state index contributed by atoms with van der Waals surface area (Å²) in [5.74, 6) is -0.589. The van der Waals surface area contributed by atoms with Gasteiger partial charge in [0.25, 0.3) is 11.6 Å². The van der Waals surface area contributed by atoms with Crippen molar-refractivity contribution in [3.63, 3.8) is 0 Å². The zero-order chi connectivity index (χ0) is 23.8. The van der Waals surface area contributed by atoms with Crippen LogP contribution in [0.5, 0.6) is 0 Å². The summed E-state index contributed by atoms with van der Waals surface area (Å²) in [4.78, 5) is 24.1. The minimum atomic E-state index is -3.67. The number of hydrogen-bond donors (Lipinski definition) is 1. The first kappa shape index (κ1) is 23.7. The number of benzene rings is 3. The highest BCUT2D eigenvalue weighted by molar-refractivity contribution is 9.11. The van der Waals surface area contributed by atoms with Crippen LogP contribution in [0.15, 0.2) is 84.3 Å². The Morgan fingerprint density at radius 2 is 1.70 bits per heavy atom. The molecule has 1 heterocycles. The number of carbonyl (C=O) groups excluding carboxylic acids is 1. The second kappa shape index (κ2) is 9.41. The highest BCUT2D eigenvalue weighted by atomic mass is 79.9. The number of anilines is 1. The van der Waals surface area contributed by atoms with Crippen molar-refractivity contribution in [1.29, 1.82) is 0 Å². The molecular weight excluding hydrogens is 596 g/mol. The van der Waals surface area contributed by atoms with Crippen LogP contribution in [0.1, 0.15) is 11.1 Å². The van der Waals surface area contributed by atoms with Gasteiger partial charge in [-0.2, -0.15) is 0 Å². The van der Waals surface area contributed by atoms with Crippen molar-refractivity contribution >= 4 is 76.8 Å². The number of non-ortho nitro benzene ring substituents is 1. The fourth-order valence-corrected chi connectivity index (χ4v) is 7.13. The molecule has 4 rings (SSSR count). The van der Waals surface area contributed by atoms with Gasteiger partial charge < -0.3 is 5.32 Å². The molecule has 0 bridgehead atoms. The maximum atomic E-state index is 13.0. The predicted molar refractivity (Wildman–Crippen MR) is 135 cm³/mol. The van der Waals surface area contributed by atoms with Crippen LogP contribution in [0.2, 0.25) is 0 Å². The van der Waals surface area contributed by atoms with Crippen LogP contribution < -0.4 is 5.32 Å². The molecule has 3 aromatic rings. The number of thioether (sulfide) groups is 1. The van der Waals surface area contributed by atoms with Crippen molar-refractivity contribution in [2.45, 2.75) is 15.5 Å². The van der Waals surface area contributed by atoms with Crippen LogP contribution in [-0.2, 0) is 20.4 Å². The van der Waals surface area contributed by atoms with E-state index in [-0.39, 0.29) is 22.2 Å². The molecule has 1 aliphatic heterocycles. The maximum Gasteiger partial charge on any atom is 0.269 e. The number of nitro groups is 1. The van der Waals surface area contributed by atoms with Gasteiger partial charge in [-0.3, -0.25) is 14.9 Å². The molecule has 0 aliphatic carbocycles. The van der Waals surface area contributed by atoms with Crippen LogP contribution in [0.4, 0.5) is 11.4 Å². The molecule has 1 amide bonds. The van der Waals surface area contributed by atoms with E-state index in [4.69, 9.17) is 0 Å². The van der Waals surface area contributed by atoms with Crippen LogP contribution >= 0.6 is 43.6 Å². The van der Waals surface area contributed by atoms with Crippen molar-refractivity contribution in [2.24, 2.45) is 0 Å². The lowest BCUT2D eigenvalue weighted by molar-refractivity contribution is -0.384. The van der Waals surface area contributed by atoms with Crippen LogP contribution in [0.3, 0.4) is 0 Å². The maximum absolute atomic E-state index is 13.0. The van der Waals surface area contributed by atoms with Gasteiger partial charge in [-0.05, 0) is 59.7 Å². The Kier molecular flexibility index (Phi) is 6.76. The van der Waals surface area contributed by atoms with Crippen molar-refractivity contribution in [1.82, 2.24) is 0 Å². The van der Waals surface area contributed by atoms with E-state index >= 15 is 0 Å². The summed E-state index contributed by atoms with van der Waals surface area (Å²) in [5, 5.41) is 13.5. The van der Waals surface area contributed by atoms with E-state index in [1.54, 1.807) is 42.5 Å². The van der Waals surface area contributed by atoms with Gasteiger partial charge in [-0.15, -0.1) is 0 Å². The summed E-state index contributed by atoms with van der Waals surface area (Å²) in [6.07, 6.45) is 1.63. The molecule has 0 saturated carbocycles. The fraction of sp³-hybridized carbons (Fsp3) is 0.0455. The zero-order valence-corrected chi connectivity index (χ0v) is 21.4. The van der Waals surface area contributed by atoms with Crippen molar-refractivity contribution in [3.05, 3.63) is 95.8 Å². The number of rotatable bonds is 5. The van der Waals surface area contributed by atoms with Crippen molar-refractivity contribution in [3.8, 4) is 0 Å². The normalized spacial score (nSPS) is 14.6. The highest BCUT2D eigenvalue weighted by Crippen LogP contribution is 2.40. The average molecular weight is 610 g/mol. The summed E-state index contributed by atoms with van der Waals surface area (Å²) in [6, 6.07) is 15.8. The Balaban J connectivity index is 1.59. The summed E-state index contributed by atoms with van der Waals surface area (Å²) in [6.45, 7) is 0. The number of carbonyl (C=O) groups is 1. The summed E-state index contributed by atoms with van der Waals surface area (Å²) in [5.41, 5.74) is 1.63. The lowest BCUT2D eigenvalue weighted by atomic mass is 10.2. The van der Waals surface area contributed by atoms with Gasteiger partial charge in [0.15, 0.2) is 9.84 Å². The van der Waals surface area contributed by atoms with E-state index in [1.807, 2.05) is 0 Å². The molecule has 0 spiro atoms. The third kappa shape index (κ3) is 5.21. The van der Waals surface area contributed by atoms with E-state index < -0.39 is 14.8 Å². The van der Waals surface area contributed by atoms with E-state index in [9.17, 15) is 23.3 Å². The van der Waals surface area contributed by atoms with E-state index in [0.717, 1.165) is 0 Å². The van der Waals surface area contributed by atoms with Crippen molar-refractivity contribution < 1.29 is 18.1 Å². The standard InChI is InChI=1S/C22H14Br2N2O5S2/c23-17-2-1-3-18(24)16(17)12-33(30,31)15-8-9-20-19(11-15)25-22(27)21(32-20)10-13-4-6-14(7-5-13)26(28)29/h1-11H,12H2,(H,25,27). The van der Waals surface area contributed by atoms with Gasteiger partial charge in [-0.25, -0.2) is 8.42 Å². The van der Waals surface area contributed by atoms with Gasteiger partial charge in [0, 0.05) is 26.0 Å². The minimum absolute atomic E-state index is 0.0356. The first-order valence-electron chi connectivity index (χ1n) is 9.39. The van der Waals surface area contributed by atoms with Crippen LogP contribution in [0, 0.1) is 10.1 Å². The molecule has 0 radical (unpaired) electrons. The Bertz CT molecular complexity index is 1400. The Hall–Kier alpha value is -2.47. The van der Waals surface area contributed by atoms with Gasteiger partial charge in [0.1, 0.15) is 0 Å². The lowest BCUT2D eigenvalue weighted by Crippen LogP contribution is -2.18. The summed E-state index contributed by atoms with van der Waals surface area (Å²) in [7, 11) is -3.67. The predicted octanol–water partition coefficient (Wildman–Crippen LogP) is 6.18. The number of amides is 1. The summed E-state index contributed by atoms with van der Waals surface area (Å²) < 4.78 is 27.4. The molecule has 7 nitrogen and oxygen atoms in total. The zero-order valence-electron chi connectivity index (χ0n) is 16.6. The Morgan fingerprint density at radius 3 is 2.33 bits per heavy atom. The Morgan fingerprint density at radius 1 is 1.03 bits per heavy atom. The molecule has 0 atom stereocenters. The molecule has 33 heavy (non-hydrogen) atoms. The third-order valence-electron chi connectivity index (χ3n) is 4.80. The number of nitrogens with zero attached hydrogens (tertiary/aromatic N) is 1. The quantitative estimate of drug-likeness (QED) is 0.210. The number of nitro benzene ring substituents is 1. The molecular formula is C22H14Br2N2O5S2. The Labute approximate surface area is 210 Å². The number of sulfone groups is 1. The molecule has 3 aromatic carbocycles. The molecule has 0 fully saturated rings. The molecule has 1 aliphatic rings. The fourth-order valence-electron chi connectivity index (χ4n) is 3.12. The van der Waals surface area contributed by atoms with E-state index in [1.165, 1.54) is 36.0 Å². The monoisotopic (exact) mass is 608 g/mol. The molecule has 0 aromatic heterocycles. The SMILES string of the molecule is O=C1Nc2cc(S(=O)(=O)Cc3c(Br)cccc3Br)ccc2SC1=Cc1ccc([N+](=O)[O-])cc1. The summed E-state index contributed by atoms with van der Waals surface area (Å²) >= 11 is 7.99. The first-order valence-corrected chi connectivity index (χ1v) is 13.4. The molecule has 0 saturated heterocycles. The third-order valence-corrected chi connectivity index (χ3v) is 9.03. The largest absolute Gasteiger partial charge is 0.320 e. The van der Waals surface area contributed by atoms with Gasteiger partial charge >= 0.3 is 0 Å².